The van der Waals surface area contributed by atoms with E-state index in [-0.39, 0.29) is 53.6 Å². The smallest absolute Gasteiger partial charge is 0.264 e. The van der Waals surface area contributed by atoms with Crippen LogP contribution in [0.5, 0.6) is 5.75 Å². The number of alkyl halides is 2. The van der Waals surface area contributed by atoms with Crippen molar-refractivity contribution in [3.05, 3.63) is 75.7 Å². The lowest BCUT2D eigenvalue weighted by Crippen LogP contribution is -2.52. The van der Waals surface area contributed by atoms with Gasteiger partial charge in [-0.2, -0.15) is 10.2 Å². The van der Waals surface area contributed by atoms with Gasteiger partial charge in [-0.05, 0) is 87.4 Å². The van der Waals surface area contributed by atoms with Crippen molar-refractivity contribution in [2.45, 2.75) is 102 Å². The Kier molecular flexibility index (Phi) is 10.5. The summed E-state index contributed by atoms with van der Waals surface area (Å²) < 4.78 is 39.6. The van der Waals surface area contributed by atoms with E-state index in [1.54, 1.807) is 42.0 Å². The molecule has 3 fully saturated rings. The molecule has 0 aliphatic carbocycles. The number of carbonyl (C=O) groups is 5. The number of hydrogen-bond donors (Lipinski definition) is 1. The molecule has 0 unspecified atom stereocenters. The first-order valence-electron chi connectivity index (χ1n) is 23.4. The molecule has 9 heterocycles. The Morgan fingerprint density at radius 3 is 2.45 bits per heavy atom. The van der Waals surface area contributed by atoms with Crippen LogP contribution in [0.4, 0.5) is 20.3 Å². The number of halogens is 2. The van der Waals surface area contributed by atoms with Crippen LogP contribution in [0.3, 0.4) is 0 Å². The van der Waals surface area contributed by atoms with Gasteiger partial charge in [0.1, 0.15) is 11.8 Å². The predicted octanol–water partition coefficient (Wildman–Crippen LogP) is 4.56. The van der Waals surface area contributed by atoms with Gasteiger partial charge in [-0.15, -0.1) is 0 Å². The fraction of sp³-hybridized carbons (Fsp3) is 0.521. The first kappa shape index (κ1) is 42.5. The number of rotatable bonds is 7. The van der Waals surface area contributed by atoms with Crippen LogP contribution >= 0.6 is 0 Å². The molecule has 346 valence electrons. The normalized spacial score (nSPS) is 21.8. The second-order valence-electron chi connectivity index (χ2n) is 19.2. The van der Waals surface area contributed by atoms with Crippen LogP contribution < -0.4 is 15.0 Å². The molecule has 1 atom stereocenters. The van der Waals surface area contributed by atoms with E-state index in [1.807, 2.05) is 28.0 Å². The third kappa shape index (κ3) is 7.13. The van der Waals surface area contributed by atoms with Crippen LogP contribution in [0.25, 0.3) is 11.1 Å². The summed E-state index contributed by atoms with van der Waals surface area (Å²) in [6.07, 6.45) is 6.46. The SMILES string of the molecule is CC(=O)N1CCc2c(c(N3CCCc4cc(-c5cnn(C)c5)c(C(F)F)cc43)nn2C2CCN(C(=O)CN3CCC4(CC3)COc3c4ccc4c3CN([C@H]3CCC(=O)NC3=O)C4=O)CC2)C1. The second kappa shape index (κ2) is 16.3. The van der Waals surface area contributed by atoms with Crippen LogP contribution in [0.2, 0.25) is 0 Å². The number of nitrogens with one attached hydrogen (secondary N) is 1. The van der Waals surface area contributed by atoms with Crippen LogP contribution in [0.15, 0.2) is 36.7 Å². The van der Waals surface area contributed by atoms with Crippen molar-refractivity contribution in [3.63, 3.8) is 0 Å². The molecule has 66 heavy (non-hydrogen) atoms. The summed E-state index contributed by atoms with van der Waals surface area (Å²) in [6, 6.07) is 6.73. The highest BCUT2D eigenvalue weighted by molar-refractivity contribution is 6.06. The largest absolute Gasteiger partial charge is 0.492 e. The van der Waals surface area contributed by atoms with Gasteiger partial charge in [-0.1, -0.05) is 6.07 Å². The monoisotopic (exact) mass is 904 g/mol. The van der Waals surface area contributed by atoms with Crippen molar-refractivity contribution in [1.29, 1.82) is 0 Å². The molecule has 0 saturated carbocycles. The van der Waals surface area contributed by atoms with E-state index < -0.39 is 18.4 Å². The number of benzene rings is 2. The number of piperidine rings is 3. The zero-order valence-electron chi connectivity index (χ0n) is 37.4. The van der Waals surface area contributed by atoms with Gasteiger partial charge in [0, 0.05) is 109 Å². The Bertz CT molecular complexity index is 2680. The maximum Gasteiger partial charge on any atom is 0.264 e. The third-order valence-corrected chi connectivity index (χ3v) is 15.5. The molecule has 7 aliphatic rings. The van der Waals surface area contributed by atoms with Crippen molar-refractivity contribution in [2.24, 2.45) is 7.05 Å². The maximum absolute atomic E-state index is 14.8. The molecule has 2 aromatic heterocycles. The van der Waals surface area contributed by atoms with E-state index >= 15 is 0 Å². The first-order valence-corrected chi connectivity index (χ1v) is 23.4. The number of anilines is 2. The Morgan fingerprint density at radius 1 is 0.924 bits per heavy atom. The Hall–Kier alpha value is -6.17. The van der Waals surface area contributed by atoms with Crippen molar-refractivity contribution in [3.8, 4) is 16.9 Å². The number of amides is 5. The zero-order valence-corrected chi connectivity index (χ0v) is 37.4. The maximum atomic E-state index is 14.8. The lowest BCUT2D eigenvalue weighted by Gasteiger charge is -2.39. The average molecular weight is 905 g/mol. The number of likely N-dealkylation sites (tertiary alicyclic amines) is 2. The molecule has 18 heteroatoms. The molecule has 0 radical (unpaired) electrons. The average Bonchev–Trinajstić information content (AvgIpc) is 4.10. The van der Waals surface area contributed by atoms with Gasteiger partial charge >= 0.3 is 0 Å². The summed E-state index contributed by atoms with van der Waals surface area (Å²) in [5, 5.41) is 11.9. The number of carbonyl (C=O) groups excluding carboxylic acids is 5. The van der Waals surface area contributed by atoms with Gasteiger partial charge in [0.15, 0.2) is 5.82 Å². The molecule has 7 aliphatic heterocycles. The fourth-order valence-electron chi connectivity index (χ4n) is 11.8. The van der Waals surface area contributed by atoms with Gasteiger partial charge in [-0.25, -0.2) is 8.78 Å². The lowest BCUT2D eigenvalue weighted by atomic mass is 9.74. The van der Waals surface area contributed by atoms with E-state index in [1.165, 1.54) is 0 Å². The van der Waals surface area contributed by atoms with Crippen molar-refractivity contribution in [1.82, 2.24) is 44.5 Å². The minimum atomic E-state index is -2.69. The number of aromatic nitrogens is 4. The predicted molar refractivity (Wildman–Crippen MR) is 236 cm³/mol. The molecule has 11 rings (SSSR count). The highest BCUT2D eigenvalue weighted by Crippen LogP contribution is 2.50. The Balaban J connectivity index is 0.758. The number of fused-ring (bicyclic) bond motifs is 6. The molecule has 0 bridgehead atoms. The summed E-state index contributed by atoms with van der Waals surface area (Å²) >= 11 is 0. The van der Waals surface area contributed by atoms with Gasteiger partial charge in [-0.3, -0.25) is 43.6 Å². The van der Waals surface area contributed by atoms with Crippen molar-refractivity contribution >= 4 is 41.0 Å². The van der Waals surface area contributed by atoms with Gasteiger partial charge in [0.2, 0.25) is 23.6 Å². The molecule has 5 amide bonds. The van der Waals surface area contributed by atoms with Crippen LogP contribution in [-0.2, 0) is 57.6 Å². The summed E-state index contributed by atoms with van der Waals surface area (Å²) in [7, 11) is 1.77. The summed E-state index contributed by atoms with van der Waals surface area (Å²) in [4.78, 5) is 74.1. The standard InChI is InChI=1S/C48H54F2N10O6/c1-28(61)57-17-11-38-36(24-57)45(58-14-3-4-29-20-33(30-22-51-54(2)23-30)34(44(49)50)21-40(29)58)53-60(38)31-9-15-56(16-10-31)42(63)26-55-18-12-48(13-19-55)27-66-43-35-25-59(39-7-8-41(62)52-46(39)64)47(65)32(35)5-6-37(43)48/h5-6,20-23,31,39,44H,3-4,7-19,24-27H2,1-2H3,(H,52,62,64)/t39-/m0/s1. The first-order chi connectivity index (χ1) is 31.9. The van der Waals surface area contributed by atoms with E-state index in [4.69, 9.17) is 9.84 Å². The zero-order chi connectivity index (χ0) is 45.6. The molecule has 1 spiro atoms. The van der Waals surface area contributed by atoms with Crippen molar-refractivity contribution in [2.75, 3.05) is 57.3 Å². The van der Waals surface area contributed by atoms with E-state index in [2.05, 4.69) is 24.9 Å². The number of hydrogen-bond acceptors (Lipinski definition) is 10. The van der Waals surface area contributed by atoms with Crippen LogP contribution in [-0.4, -0.2) is 127 Å². The second-order valence-corrected chi connectivity index (χ2v) is 19.2. The summed E-state index contributed by atoms with van der Waals surface area (Å²) in [5.74, 6) is 0.569. The molecule has 1 N–H and O–H groups in total. The van der Waals surface area contributed by atoms with Crippen LogP contribution in [0, 0.1) is 0 Å². The molecule has 16 nitrogen and oxygen atoms in total. The molecule has 3 saturated heterocycles. The quantitative estimate of drug-likeness (QED) is 0.261. The van der Waals surface area contributed by atoms with Gasteiger partial charge in [0.25, 0.3) is 12.3 Å². The number of ether oxygens (including phenoxy) is 1. The van der Waals surface area contributed by atoms with Crippen molar-refractivity contribution < 1.29 is 37.5 Å². The van der Waals surface area contributed by atoms with E-state index in [0.717, 1.165) is 96.8 Å². The topological polar surface area (TPSA) is 158 Å². The minimum absolute atomic E-state index is 0.0162. The number of aryl methyl sites for hydroxylation is 2. The lowest BCUT2D eigenvalue weighted by molar-refractivity contribution is -0.137. The highest BCUT2D eigenvalue weighted by Gasteiger charge is 2.48. The summed E-state index contributed by atoms with van der Waals surface area (Å²) in [6.45, 7) is 6.90. The molecule has 2 aromatic carbocycles. The van der Waals surface area contributed by atoms with Crippen LogP contribution in [0.1, 0.15) is 108 Å². The third-order valence-electron chi connectivity index (χ3n) is 15.5. The highest BCUT2D eigenvalue weighted by atomic mass is 19.3. The summed E-state index contributed by atoms with van der Waals surface area (Å²) in [5.41, 5.74) is 7.04. The fourth-order valence-corrected chi connectivity index (χ4v) is 11.8. The minimum Gasteiger partial charge on any atom is -0.492 e. The number of imide groups is 1. The Labute approximate surface area is 380 Å². The van der Waals surface area contributed by atoms with Gasteiger partial charge < -0.3 is 24.3 Å². The van der Waals surface area contributed by atoms with E-state index in [0.29, 0.717) is 75.4 Å². The number of nitrogens with zero attached hydrogens (tertiary/aromatic N) is 9. The van der Waals surface area contributed by atoms with E-state index in [9.17, 15) is 32.8 Å². The Morgan fingerprint density at radius 2 is 1.73 bits per heavy atom. The molecular formula is C48H54F2N10O6. The van der Waals surface area contributed by atoms with Gasteiger partial charge in [0.05, 0.1) is 38.5 Å². The molecular weight excluding hydrogens is 851 g/mol. The molecule has 4 aromatic rings.